The maximum atomic E-state index is 12.4. The normalized spacial score (nSPS) is 12.3. The summed E-state index contributed by atoms with van der Waals surface area (Å²) in [5, 5.41) is 0. The van der Waals surface area contributed by atoms with E-state index >= 15 is 0 Å². The van der Waals surface area contributed by atoms with Crippen LogP contribution in [-0.4, -0.2) is 43.6 Å². The van der Waals surface area contributed by atoms with Crippen molar-refractivity contribution in [1.82, 2.24) is 0 Å². The van der Waals surface area contributed by atoms with Crippen molar-refractivity contribution in [3.63, 3.8) is 0 Å². The molecule has 0 aliphatic heterocycles. The molecular weight excluding hydrogens is 352 g/mol. The van der Waals surface area contributed by atoms with Crippen LogP contribution in [0, 0.1) is 0 Å². The van der Waals surface area contributed by atoms with Crippen LogP contribution in [0.4, 0.5) is 0 Å². The third kappa shape index (κ3) is 8.06. The summed E-state index contributed by atoms with van der Waals surface area (Å²) in [4.78, 5) is 23.6. The zero-order valence-electron chi connectivity index (χ0n) is 15.7. The number of carbonyl (C=O) groups excluding carboxylic acids is 2. The van der Waals surface area contributed by atoms with Crippen molar-refractivity contribution in [2.45, 2.75) is 38.7 Å². The second kappa shape index (κ2) is 11.0. The average molecular weight is 381 g/mol. The number of rotatable bonds is 10. The van der Waals surface area contributed by atoms with Crippen LogP contribution in [-0.2, 0) is 24.4 Å². The molecule has 0 bridgehead atoms. The maximum absolute atomic E-state index is 12.4. The summed E-state index contributed by atoms with van der Waals surface area (Å²) in [6, 6.07) is 7.29. The van der Waals surface area contributed by atoms with Gasteiger partial charge in [0.05, 0.1) is 12.2 Å². The van der Waals surface area contributed by atoms with Gasteiger partial charge in [-0.05, 0) is 35.3 Å². The number of hydrogen-bond donors (Lipinski definition) is 1. The van der Waals surface area contributed by atoms with Crippen LogP contribution in [0.1, 0.15) is 43.1 Å². The Balaban J connectivity index is 2.69. The maximum Gasteiger partial charge on any atom is 0.338 e. The highest BCUT2D eigenvalue weighted by Crippen LogP contribution is 2.22. The van der Waals surface area contributed by atoms with Crippen molar-refractivity contribution in [1.29, 1.82) is 0 Å². The predicted molar refractivity (Wildman–Crippen MR) is 105 cm³/mol. The van der Waals surface area contributed by atoms with Crippen molar-refractivity contribution < 1.29 is 23.8 Å². The van der Waals surface area contributed by atoms with Gasteiger partial charge in [0, 0.05) is 12.7 Å². The van der Waals surface area contributed by atoms with E-state index < -0.39 is 18.0 Å². The smallest absolute Gasteiger partial charge is 0.338 e. The van der Waals surface area contributed by atoms with E-state index in [4.69, 9.17) is 14.2 Å². The fourth-order valence-corrected chi connectivity index (χ4v) is 2.19. The molecule has 0 saturated heterocycles. The number of thiol groups is 1. The molecule has 0 spiro atoms. The third-order valence-corrected chi connectivity index (χ3v) is 3.91. The summed E-state index contributed by atoms with van der Waals surface area (Å²) >= 11 is 4.11. The van der Waals surface area contributed by atoms with E-state index in [9.17, 15) is 9.59 Å². The van der Waals surface area contributed by atoms with Gasteiger partial charge < -0.3 is 14.2 Å². The highest BCUT2D eigenvalue weighted by Gasteiger charge is 2.19. The third-order valence-electron chi connectivity index (χ3n) is 3.59. The first-order valence-electron chi connectivity index (χ1n) is 8.57. The van der Waals surface area contributed by atoms with E-state index in [1.165, 1.54) is 0 Å². The topological polar surface area (TPSA) is 61.8 Å². The molecule has 1 rings (SSSR count). The van der Waals surface area contributed by atoms with Gasteiger partial charge in [-0.1, -0.05) is 39.5 Å². The zero-order chi connectivity index (χ0) is 19.6. The molecule has 144 valence electrons. The first-order valence-corrected chi connectivity index (χ1v) is 9.20. The molecule has 1 aromatic carbocycles. The van der Waals surface area contributed by atoms with E-state index in [0.29, 0.717) is 17.9 Å². The van der Waals surface area contributed by atoms with Crippen molar-refractivity contribution in [3.8, 4) is 0 Å². The highest BCUT2D eigenvalue weighted by atomic mass is 32.1. The molecule has 0 N–H and O–H groups in total. The summed E-state index contributed by atoms with van der Waals surface area (Å²) in [5.41, 5.74) is 1.57. The lowest BCUT2D eigenvalue weighted by Gasteiger charge is -2.20. The second-order valence-electron chi connectivity index (χ2n) is 6.84. The van der Waals surface area contributed by atoms with E-state index in [-0.39, 0.29) is 18.6 Å². The Hall–Kier alpha value is -1.79. The van der Waals surface area contributed by atoms with Gasteiger partial charge in [-0.2, -0.15) is 12.6 Å². The van der Waals surface area contributed by atoms with Crippen LogP contribution in [0.5, 0.6) is 0 Å². The Morgan fingerprint density at radius 2 is 1.85 bits per heavy atom. The molecule has 1 unspecified atom stereocenters. The SMILES string of the molecule is C=CC(=O)OCC(COCCCS)OC(=O)c1ccc(C(C)(C)C)cc1. The summed E-state index contributed by atoms with van der Waals surface area (Å²) in [5.74, 6) is -0.352. The monoisotopic (exact) mass is 380 g/mol. The first-order chi connectivity index (χ1) is 12.3. The average Bonchev–Trinajstić information content (AvgIpc) is 2.61. The molecule has 5 nitrogen and oxygen atoms in total. The standard InChI is InChI=1S/C20H28O5S/c1-5-18(21)24-14-17(13-23-11-6-12-26)25-19(22)15-7-9-16(10-8-15)20(2,3)4/h5,7-10,17,26H,1,6,11-14H2,2-4H3. The molecule has 0 aliphatic rings. The lowest BCUT2D eigenvalue weighted by Crippen LogP contribution is -2.30. The van der Waals surface area contributed by atoms with Crippen LogP contribution in [0.25, 0.3) is 0 Å². The van der Waals surface area contributed by atoms with Crippen molar-refractivity contribution in [2.75, 3.05) is 25.6 Å². The number of benzene rings is 1. The van der Waals surface area contributed by atoms with Crippen molar-refractivity contribution >= 4 is 24.6 Å². The van der Waals surface area contributed by atoms with E-state index in [1.807, 2.05) is 12.1 Å². The van der Waals surface area contributed by atoms with Crippen molar-refractivity contribution in [2.24, 2.45) is 0 Å². The van der Waals surface area contributed by atoms with E-state index in [2.05, 4.69) is 40.0 Å². The Labute approximate surface area is 161 Å². The first kappa shape index (κ1) is 22.3. The Kier molecular flexibility index (Phi) is 9.44. The molecule has 0 saturated carbocycles. The Morgan fingerprint density at radius 3 is 2.38 bits per heavy atom. The van der Waals surface area contributed by atoms with Gasteiger partial charge in [-0.25, -0.2) is 9.59 Å². The number of ether oxygens (including phenoxy) is 3. The van der Waals surface area contributed by atoms with Gasteiger partial charge in [0.2, 0.25) is 0 Å². The van der Waals surface area contributed by atoms with Crippen LogP contribution in [0.15, 0.2) is 36.9 Å². The molecule has 0 heterocycles. The minimum Gasteiger partial charge on any atom is -0.458 e. The fourth-order valence-electron chi connectivity index (χ4n) is 2.06. The van der Waals surface area contributed by atoms with Crippen LogP contribution >= 0.6 is 12.6 Å². The highest BCUT2D eigenvalue weighted by molar-refractivity contribution is 7.80. The second-order valence-corrected chi connectivity index (χ2v) is 7.29. The Morgan fingerprint density at radius 1 is 1.19 bits per heavy atom. The number of hydrogen-bond acceptors (Lipinski definition) is 6. The van der Waals surface area contributed by atoms with Gasteiger partial charge in [0.1, 0.15) is 6.61 Å². The summed E-state index contributed by atoms with van der Waals surface area (Å²) in [7, 11) is 0. The van der Waals surface area contributed by atoms with Gasteiger partial charge >= 0.3 is 11.9 Å². The molecule has 1 aromatic rings. The van der Waals surface area contributed by atoms with Crippen LogP contribution < -0.4 is 0 Å². The molecule has 0 aromatic heterocycles. The quantitative estimate of drug-likeness (QED) is 0.291. The lowest BCUT2D eigenvalue weighted by molar-refractivity contribution is -0.142. The Bertz CT molecular complexity index is 589. The fraction of sp³-hybridized carbons (Fsp3) is 0.500. The van der Waals surface area contributed by atoms with Crippen LogP contribution in [0.3, 0.4) is 0 Å². The minimum atomic E-state index is -0.686. The summed E-state index contributed by atoms with van der Waals surface area (Å²) < 4.78 is 15.9. The van der Waals surface area contributed by atoms with E-state index in [0.717, 1.165) is 18.1 Å². The van der Waals surface area contributed by atoms with Gasteiger partial charge in [0.15, 0.2) is 6.10 Å². The molecule has 1 atom stereocenters. The molecule has 0 fully saturated rings. The summed E-state index contributed by atoms with van der Waals surface area (Å²) in [6.07, 6.45) is 1.16. The van der Waals surface area contributed by atoms with Crippen LogP contribution in [0.2, 0.25) is 0 Å². The van der Waals surface area contributed by atoms with Gasteiger partial charge in [-0.3, -0.25) is 0 Å². The van der Waals surface area contributed by atoms with Gasteiger partial charge in [0.25, 0.3) is 0 Å². The van der Waals surface area contributed by atoms with Gasteiger partial charge in [-0.15, -0.1) is 0 Å². The largest absolute Gasteiger partial charge is 0.458 e. The number of carbonyl (C=O) groups is 2. The van der Waals surface area contributed by atoms with E-state index in [1.54, 1.807) is 12.1 Å². The molecule has 0 radical (unpaired) electrons. The van der Waals surface area contributed by atoms with Crippen molar-refractivity contribution in [3.05, 3.63) is 48.0 Å². The predicted octanol–water partition coefficient (Wildman–Crippen LogP) is 3.58. The molecule has 0 amide bonds. The molecule has 26 heavy (non-hydrogen) atoms. The molecular formula is C20H28O5S. The minimum absolute atomic E-state index is 0.00465. The summed E-state index contributed by atoms with van der Waals surface area (Å²) in [6.45, 7) is 10.2. The lowest BCUT2D eigenvalue weighted by atomic mass is 9.87. The zero-order valence-corrected chi connectivity index (χ0v) is 16.6. The molecule has 6 heteroatoms. The molecule has 0 aliphatic carbocycles. The number of esters is 2.